The highest BCUT2D eigenvalue weighted by Crippen LogP contribution is 2.25. The molecule has 0 radical (unpaired) electrons. The van der Waals surface area contributed by atoms with Crippen LogP contribution in [0, 0.1) is 12.8 Å². The molecule has 0 saturated carbocycles. The third-order valence-electron chi connectivity index (χ3n) is 5.65. The van der Waals surface area contributed by atoms with Crippen molar-refractivity contribution in [2.75, 3.05) is 32.1 Å². The first-order valence-corrected chi connectivity index (χ1v) is 9.89. The molecule has 3 N–H and O–H groups in total. The Morgan fingerprint density at radius 3 is 2.61 bits per heavy atom. The molecule has 0 bridgehead atoms. The molecule has 1 aromatic heterocycles. The molecule has 1 unspecified atom stereocenters. The van der Waals surface area contributed by atoms with E-state index in [2.05, 4.69) is 21.3 Å². The van der Waals surface area contributed by atoms with Gasteiger partial charge in [0.1, 0.15) is 11.6 Å². The molecule has 2 amide bonds. The number of benzene rings is 1. The molecule has 8 heteroatoms. The number of amides is 2. The average molecular weight is 384 g/mol. The topological polar surface area (TPSA) is 83.5 Å². The molecule has 2 aliphatic rings. The van der Waals surface area contributed by atoms with Crippen LogP contribution in [0.1, 0.15) is 25.0 Å². The molecule has 150 valence electrons. The van der Waals surface area contributed by atoms with Gasteiger partial charge in [-0.05, 0) is 56.4 Å². The van der Waals surface area contributed by atoms with Crippen molar-refractivity contribution in [3.63, 3.8) is 0 Å². The Bertz CT molecular complexity index is 805. The summed E-state index contributed by atoms with van der Waals surface area (Å²) in [4.78, 5) is 14.7. The van der Waals surface area contributed by atoms with E-state index in [-0.39, 0.29) is 6.03 Å². The van der Waals surface area contributed by atoms with Crippen molar-refractivity contribution in [3.8, 4) is 11.4 Å². The van der Waals surface area contributed by atoms with Gasteiger partial charge in [-0.2, -0.15) is 5.10 Å². The van der Waals surface area contributed by atoms with Gasteiger partial charge in [0.15, 0.2) is 0 Å². The van der Waals surface area contributed by atoms with Crippen molar-refractivity contribution in [3.05, 3.63) is 36.0 Å². The SMILES string of the molecule is COc1ccc(-n2nc(C)cc2NC(=O)N2CCC(C3CCNN3)CC2)cc1. The number of ether oxygens (including phenoxy) is 1. The fourth-order valence-corrected chi connectivity index (χ4v) is 4.06. The molecule has 0 aliphatic carbocycles. The Morgan fingerprint density at radius 1 is 1.21 bits per heavy atom. The monoisotopic (exact) mass is 384 g/mol. The van der Waals surface area contributed by atoms with Gasteiger partial charge in [-0.25, -0.2) is 9.48 Å². The van der Waals surface area contributed by atoms with Gasteiger partial charge in [0.05, 0.1) is 18.5 Å². The van der Waals surface area contributed by atoms with E-state index >= 15 is 0 Å². The highest BCUT2D eigenvalue weighted by atomic mass is 16.5. The van der Waals surface area contributed by atoms with E-state index in [1.807, 2.05) is 42.2 Å². The molecule has 0 spiro atoms. The number of rotatable bonds is 4. The average Bonchev–Trinajstić information content (AvgIpc) is 3.38. The van der Waals surface area contributed by atoms with Crippen LogP contribution in [0.3, 0.4) is 0 Å². The molecule has 1 aromatic carbocycles. The number of likely N-dealkylation sites (tertiary alicyclic amines) is 1. The Balaban J connectivity index is 1.40. The van der Waals surface area contributed by atoms with Crippen molar-refractivity contribution in [1.29, 1.82) is 0 Å². The molecule has 2 aliphatic heterocycles. The summed E-state index contributed by atoms with van der Waals surface area (Å²) in [5.74, 6) is 2.09. The zero-order valence-electron chi connectivity index (χ0n) is 16.4. The van der Waals surface area contributed by atoms with Crippen LogP contribution in [0.5, 0.6) is 5.75 Å². The number of hydrazine groups is 1. The zero-order valence-corrected chi connectivity index (χ0v) is 16.4. The zero-order chi connectivity index (χ0) is 19.5. The summed E-state index contributed by atoms with van der Waals surface area (Å²) < 4.78 is 6.97. The van der Waals surface area contributed by atoms with Crippen molar-refractivity contribution in [1.82, 2.24) is 25.5 Å². The second-order valence-electron chi connectivity index (χ2n) is 7.50. The number of urea groups is 1. The lowest BCUT2D eigenvalue weighted by Gasteiger charge is -2.34. The number of anilines is 1. The molecule has 8 nitrogen and oxygen atoms in total. The fourth-order valence-electron chi connectivity index (χ4n) is 4.06. The maximum Gasteiger partial charge on any atom is 0.323 e. The highest BCUT2D eigenvalue weighted by Gasteiger charge is 2.30. The summed E-state index contributed by atoms with van der Waals surface area (Å²) in [5.41, 5.74) is 8.29. The van der Waals surface area contributed by atoms with E-state index in [1.54, 1.807) is 11.8 Å². The predicted molar refractivity (Wildman–Crippen MR) is 108 cm³/mol. The lowest BCUT2D eigenvalue weighted by atomic mass is 9.89. The van der Waals surface area contributed by atoms with Crippen LogP contribution >= 0.6 is 0 Å². The van der Waals surface area contributed by atoms with Crippen LogP contribution in [0.2, 0.25) is 0 Å². The molecular formula is C20H28N6O2. The van der Waals surface area contributed by atoms with Crippen molar-refractivity contribution >= 4 is 11.8 Å². The Labute approximate surface area is 165 Å². The Morgan fingerprint density at radius 2 is 1.96 bits per heavy atom. The maximum atomic E-state index is 12.8. The number of aryl methyl sites for hydroxylation is 1. The van der Waals surface area contributed by atoms with E-state index < -0.39 is 0 Å². The number of hydrogen-bond donors (Lipinski definition) is 3. The predicted octanol–water partition coefficient (Wildman–Crippen LogP) is 2.30. The second kappa shape index (κ2) is 8.20. The summed E-state index contributed by atoms with van der Waals surface area (Å²) in [6, 6.07) is 9.98. The van der Waals surface area contributed by atoms with Crippen molar-refractivity contribution in [2.45, 2.75) is 32.2 Å². The molecule has 1 atom stereocenters. The smallest absolute Gasteiger partial charge is 0.323 e. The summed E-state index contributed by atoms with van der Waals surface area (Å²) in [5, 5.41) is 7.57. The number of nitrogens with one attached hydrogen (secondary N) is 3. The van der Waals surface area contributed by atoms with E-state index in [0.717, 1.165) is 56.0 Å². The minimum Gasteiger partial charge on any atom is -0.497 e. The number of carbonyl (C=O) groups is 1. The van der Waals surface area contributed by atoms with Gasteiger partial charge < -0.3 is 9.64 Å². The van der Waals surface area contributed by atoms with E-state index in [0.29, 0.717) is 17.8 Å². The lowest BCUT2D eigenvalue weighted by Crippen LogP contribution is -2.46. The van der Waals surface area contributed by atoms with E-state index in [4.69, 9.17) is 4.74 Å². The van der Waals surface area contributed by atoms with Gasteiger partial charge in [0, 0.05) is 31.7 Å². The second-order valence-corrected chi connectivity index (χ2v) is 7.50. The normalized spacial score (nSPS) is 20.4. The summed E-state index contributed by atoms with van der Waals surface area (Å²) >= 11 is 0. The molecule has 28 heavy (non-hydrogen) atoms. The van der Waals surface area contributed by atoms with Crippen LogP contribution < -0.4 is 20.9 Å². The third kappa shape index (κ3) is 3.98. The largest absolute Gasteiger partial charge is 0.497 e. The molecule has 3 heterocycles. The molecule has 2 fully saturated rings. The minimum atomic E-state index is -0.0642. The fraction of sp³-hybridized carbons (Fsp3) is 0.500. The van der Waals surface area contributed by atoms with Crippen molar-refractivity contribution in [2.24, 2.45) is 5.92 Å². The Kier molecular flexibility index (Phi) is 5.50. The maximum absolute atomic E-state index is 12.8. The van der Waals surface area contributed by atoms with Gasteiger partial charge in [0.25, 0.3) is 0 Å². The van der Waals surface area contributed by atoms with Crippen LogP contribution in [0.15, 0.2) is 30.3 Å². The van der Waals surface area contributed by atoms with Crippen molar-refractivity contribution < 1.29 is 9.53 Å². The van der Waals surface area contributed by atoms with Gasteiger partial charge in [-0.1, -0.05) is 0 Å². The van der Waals surface area contributed by atoms with Gasteiger partial charge in [-0.15, -0.1) is 0 Å². The minimum absolute atomic E-state index is 0.0642. The van der Waals surface area contributed by atoms with Gasteiger partial charge in [-0.3, -0.25) is 16.2 Å². The molecule has 2 aromatic rings. The summed E-state index contributed by atoms with van der Waals surface area (Å²) in [7, 11) is 1.64. The van der Waals surface area contributed by atoms with E-state index in [9.17, 15) is 4.79 Å². The first-order chi connectivity index (χ1) is 13.6. The first-order valence-electron chi connectivity index (χ1n) is 9.89. The molecular weight excluding hydrogens is 356 g/mol. The van der Waals surface area contributed by atoms with Crippen LogP contribution in [-0.4, -0.2) is 53.5 Å². The van der Waals surface area contributed by atoms with E-state index in [1.165, 1.54) is 0 Å². The standard InChI is InChI=1S/C20H28N6O2/c1-14-13-19(26(24-14)16-3-5-17(28-2)6-4-16)22-20(27)25-11-8-15(9-12-25)18-7-10-21-23-18/h3-6,13,15,18,21,23H,7-12H2,1-2H3,(H,22,27). The summed E-state index contributed by atoms with van der Waals surface area (Å²) in [6.07, 6.45) is 3.23. The van der Waals surface area contributed by atoms with Gasteiger partial charge >= 0.3 is 6.03 Å². The number of aromatic nitrogens is 2. The number of methoxy groups -OCH3 is 1. The van der Waals surface area contributed by atoms with Crippen LogP contribution in [-0.2, 0) is 0 Å². The highest BCUT2D eigenvalue weighted by molar-refractivity contribution is 5.88. The van der Waals surface area contributed by atoms with Gasteiger partial charge in [0.2, 0.25) is 0 Å². The number of piperidine rings is 1. The first kappa shape index (κ1) is 18.8. The number of nitrogens with zero attached hydrogens (tertiary/aromatic N) is 3. The molecule has 4 rings (SSSR count). The third-order valence-corrected chi connectivity index (χ3v) is 5.65. The quantitative estimate of drug-likeness (QED) is 0.753. The number of hydrogen-bond acceptors (Lipinski definition) is 5. The Hall–Kier alpha value is -2.58. The summed E-state index contributed by atoms with van der Waals surface area (Å²) in [6.45, 7) is 4.51. The molecule has 2 saturated heterocycles. The lowest BCUT2D eigenvalue weighted by molar-refractivity contribution is 0.169. The number of carbonyl (C=O) groups excluding carboxylic acids is 1. The van der Waals surface area contributed by atoms with Crippen LogP contribution in [0.4, 0.5) is 10.6 Å². The van der Waals surface area contributed by atoms with Crippen LogP contribution in [0.25, 0.3) is 5.69 Å².